The summed E-state index contributed by atoms with van der Waals surface area (Å²) < 4.78 is 0. The molecule has 2 fully saturated rings. The average molecular weight is 271 g/mol. The third-order valence-corrected chi connectivity index (χ3v) is 6.04. The maximum absolute atomic E-state index is 11.9. The summed E-state index contributed by atoms with van der Waals surface area (Å²) in [6.45, 7) is 0.700. The number of nitrogens with zero attached hydrogens (tertiary/aromatic N) is 1. The molecular weight excluding hydrogens is 250 g/mol. The molecule has 0 spiro atoms. The van der Waals surface area contributed by atoms with Crippen molar-refractivity contribution in [2.45, 2.75) is 50.5 Å². The van der Waals surface area contributed by atoms with Crippen LogP contribution < -0.4 is 0 Å². The Balaban J connectivity index is 1.96. The van der Waals surface area contributed by atoms with Gasteiger partial charge in [-0.1, -0.05) is 37.1 Å². The smallest absolute Gasteiger partial charge is 0.408 e. The van der Waals surface area contributed by atoms with E-state index in [9.17, 15) is 9.90 Å². The van der Waals surface area contributed by atoms with Crippen molar-refractivity contribution in [2.24, 2.45) is 5.41 Å². The minimum absolute atomic E-state index is 0.172. The first-order valence-electron chi connectivity index (χ1n) is 7.79. The van der Waals surface area contributed by atoms with Gasteiger partial charge >= 0.3 is 6.09 Å². The predicted octanol–water partition coefficient (Wildman–Crippen LogP) is 3.77. The van der Waals surface area contributed by atoms with Crippen LogP contribution in [0, 0.1) is 5.41 Å². The summed E-state index contributed by atoms with van der Waals surface area (Å²) in [7, 11) is 0. The van der Waals surface area contributed by atoms with Crippen LogP contribution in [-0.2, 0) is 12.0 Å². The number of hydrogen-bond donors (Lipinski definition) is 1. The lowest BCUT2D eigenvalue weighted by molar-refractivity contribution is -0.0824. The van der Waals surface area contributed by atoms with Crippen molar-refractivity contribution >= 4 is 6.09 Å². The average Bonchev–Trinajstić information content (AvgIpc) is 2.77. The molecule has 1 aliphatic heterocycles. The van der Waals surface area contributed by atoms with Crippen molar-refractivity contribution in [3.63, 3.8) is 0 Å². The molecular formula is C17H21NO2. The van der Waals surface area contributed by atoms with Gasteiger partial charge in [0.25, 0.3) is 0 Å². The van der Waals surface area contributed by atoms with Crippen molar-refractivity contribution in [2.75, 3.05) is 6.54 Å². The highest BCUT2D eigenvalue weighted by Gasteiger charge is 2.63. The van der Waals surface area contributed by atoms with Crippen LogP contribution in [-0.4, -0.2) is 22.6 Å². The molecule has 3 heteroatoms. The minimum atomic E-state index is -0.729. The lowest BCUT2D eigenvalue weighted by Crippen LogP contribution is -2.61. The quantitative estimate of drug-likeness (QED) is 0.780. The Kier molecular flexibility index (Phi) is 2.45. The second-order valence-electron chi connectivity index (χ2n) is 6.72. The van der Waals surface area contributed by atoms with Crippen LogP contribution >= 0.6 is 0 Å². The SMILES string of the molecule is O=C(O)N1CCCC23CCCCC12c1ccccc1C3. The molecule has 1 aromatic carbocycles. The Morgan fingerprint density at radius 3 is 2.70 bits per heavy atom. The third-order valence-electron chi connectivity index (χ3n) is 6.04. The second-order valence-corrected chi connectivity index (χ2v) is 6.72. The van der Waals surface area contributed by atoms with Crippen LogP contribution in [0.3, 0.4) is 0 Å². The molecule has 1 N–H and O–H groups in total. The van der Waals surface area contributed by atoms with E-state index >= 15 is 0 Å². The molecule has 3 nitrogen and oxygen atoms in total. The fraction of sp³-hybridized carbons (Fsp3) is 0.588. The number of hydrogen-bond acceptors (Lipinski definition) is 1. The molecule has 1 saturated heterocycles. The van der Waals surface area contributed by atoms with Crippen LogP contribution in [0.1, 0.15) is 49.7 Å². The number of likely N-dealkylation sites (tertiary alicyclic amines) is 1. The molecule has 1 aromatic rings. The monoisotopic (exact) mass is 271 g/mol. The largest absolute Gasteiger partial charge is 0.465 e. The van der Waals surface area contributed by atoms with Gasteiger partial charge in [0.05, 0.1) is 5.54 Å². The van der Waals surface area contributed by atoms with E-state index in [-0.39, 0.29) is 11.0 Å². The Hall–Kier alpha value is -1.51. The van der Waals surface area contributed by atoms with E-state index in [0.29, 0.717) is 6.54 Å². The second kappa shape index (κ2) is 4.00. The number of fused-ring (bicyclic) bond motifs is 1. The summed E-state index contributed by atoms with van der Waals surface area (Å²) in [6.07, 6.45) is 7.15. The molecule has 0 bridgehead atoms. The lowest BCUT2D eigenvalue weighted by atomic mass is 9.57. The van der Waals surface area contributed by atoms with Gasteiger partial charge in [0.15, 0.2) is 0 Å². The maximum atomic E-state index is 11.9. The van der Waals surface area contributed by atoms with E-state index in [1.165, 1.54) is 30.4 Å². The summed E-state index contributed by atoms with van der Waals surface area (Å²) >= 11 is 0. The van der Waals surface area contributed by atoms with Crippen molar-refractivity contribution in [3.8, 4) is 0 Å². The topological polar surface area (TPSA) is 40.5 Å². The first-order chi connectivity index (χ1) is 9.70. The molecule has 1 amide bonds. The van der Waals surface area contributed by atoms with Gasteiger partial charge in [-0.25, -0.2) is 4.79 Å². The molecule has 2 unspecified atom stereocenters. The van der Waals surface area contributed by atoms with Gasteiger partial charge < -0.3 is 5.11 Å². The first-order valence-corrected chi connectivity index (χ1v) is 7.79. The molecule has 2 atom stereocenters. The van der Waals surface area contributed by atoms with E-state index < -0.39 is 6.09 Å². The fourth-order valence-corrected chi connectivity index (χ4v) is 5.43. The predicted molar refractivity (Wildman–Crippen MR) is 76.7 cm³/mol. The summed E-state index contributed by atoms with van der Waals surface area (Å²) in [5.74, 6) is 0. The minimum Gasteiger partial charge on any atom is -0.465 e. The summed E-state index contributed by atoms with van der Waals surface area (Å²) in [5.41, 5.74) is 2.64. The molecule has 106 valence electrons. The van der Waals surface area contributed by atoms with E-state index in [1.54, 1.807) is 4.90 Å². The molecule has 0 radical (unpaired) electrons. The van der Waals surface area contributed by atoms with Crippen LogP contribution in [0.5, 0.6) is 0 Å². The van der Waals surface area contributed by atoms with Gasteiger partial charge in [-0.2, -0.15) is 0 Å². The van der Waals surface area contributed by atoms with Gasteiger partial charge in [-0.05, 0) is 43.2 Å². The number of amides is 1. The third kappa shape index (κ3) is 1.28. The molecule has 3 aliphatic rings. The molecule has 20 heavy (non-hydrogen) atoms. The number of carbonyl (C=O) groups is 1. The van der Waals surface area contributed by atoms with E-state index in [0.717, 1.165) is 25.7 Å². The highest BCUT2D eigenvalue weighted by atomic mass is 16.4. The van der Waals surface area contributed by atoms with Gasteiger partial charge in [-0.15, -0.1) is 0 Å². The van der Waals surface area contributed by atoms with Gasteiger partial charge in [0.1, 0.15) is 0 Å². The van der Waals surface area contributed by atoms with Crippen LogP contribution in [0.25, 0.3) is 0 Å². The highest BCUT2D eigenvalue weighted by Crippen LogP contribution is 2.64. The zero-order chi connectivity index (χ0) is 13.8. The van der Waals surface area contributed by atoms with Gasteiger partial charge in [0.2, 0.25) is 0 Å². The maximum Gasteiger partial charge on any atom is 0.408 e. The van der Waals surface area contributed by atoms with Crippen LogP contribution in [0.4, 0.5) is 4.79 Å². The normalized spacial score (nSPS) is 35.1. The van der Waals surface area contributed by atoms with Crippen LogP contribution in [0.2, 0.25) is 0 Å². The van der Waals surface area contributed by atoms with E-state index in [4.69, 9.17) is 0 Å². The van der Waals surface area contributed by atoms with Gasteiger partial charge in [0, 0.05) is 12.0 Å². The van der Waals surface area contributed by atoms with E-state index in [2.05, 4.69) is 24.3 Å². The fourth-order valence-electron chi connectivity index (χ4n) is 5.43. The lowest BCUT2D eigenvalue weighted by Gasteiger charge is -2.58. The summed E-state index contributed by atoms with van der Waals surface area (Å²) in [4.78, 5) is 13.7. The Labute approximate surface area is 119 Å². The summed E-state index contributed by atoms with van der Waals surface area (Å²) in [6, 6.07) is 8.57. The van der Waals surface area contributed by atoms with Crippen molar-refractivity contribution in [1.29, 1.82) is 0 Å². The highest BCUT2D eigenvalue weighted by molar-refractivity contribution is 5.68. The Morgan fingerprint density at radius 1 is 1.10 bits per heavy atom. The number of piperidine rings is 1. The molecule has 1 saturated carbocycles. The van der Waals surface area contributed by atoms with E-state index in [1.807, 2.05) is 0 Å². The molecule has 4 rings (SSSR count). The van der Waals surface area contributed by atoms with Gasteiger partial charge in [-0.3, -0.25) is 4.90 Å². The zero-order valence-electron chi connectivity index (χ0n) is 11.8. The Bertz CT molecular complexity index is 566. The standard InChI is InChI=1S/C17H21NO2/c19-15(20)18-11-5-9-16-8-3-4-10-17(16,18)14-7-2-1-6-13(14)12-16/h1-2,6-7H,3-5,8-12H2,(H,19,20). The number of rotatable bonds is 0. The zero-order valence-corrected chi connectivity index (χ0v) is 11.8. The van der Waals surface area contributed by atoms with Crippen molar-refractivity contribution in [1.82, 2.24) is 4.90 Å². The van der Waals surface area contributed by atoms with Crippen LogP contribution in [0.15, 0.2) is 24.3 Å². The number of carboxylic acid groups (broad SMARTS) is 1. The number of benzene rings is 1. The molecule has 1 heterocycles. The van der Waals surface area contributed by atoms with Crippen molar-refractivity contribution in [3.05, 3.63) is 35.4 Å². The molecule has 2 aliphatic carbocycles. The van der Waals surface area contributed by atoms with Crippen molar-refractivity contribution < 1.29 is 9.90 Å². The summed E-state index contributed by atoms with van der Waals surface area (Å²) in [5, 5.41) is 9.77. The molecule has 0 aromatic heterocycles. The Morgan fingerprint density at radius 2 is 1.85 bits per heavy atom. The first kappa shape index (κ1) is 12.2.